The molecule has 82 valence electrons. The van der Waals surface area contributed by atoms with Crippen LogP contribution in [0, 0.1) is 0 Å². The summed E-state index contributed by atoms with van der Waals surface area (Å²) in [6.07, 6.45) is 2.91. The molecule has 6 nitrogen and oxygen atoms in total. The highest BCUT2D eigenvalue weighted by Gasteiger charge is 2.17. The van der Waals surface area contributed by atoms with Crippen molar-refractivity contribution in [1.82, 2.24) is 20.0 Å². The molecule has 16 heavy (non-hydrogen) atoms. The third-order valence-corrected chi connectivity index (χ3v) is 2.63. The lowest BCUT2D eigenvalue weighted by Crippen LogP contribution is -2.03. The maximum atomic E-state index is 11.0. The van der Waals surface area contributed by atoms with Crippen molar-refractivity contribution < 1.29 is 9.90 Å². The van der Waals surface area contributed by atoms with E-state index in [1.165, 1.54) is 23.1 Å². The van der Waals surface area contributed by atoms with Crippen LogP contribution in [0.5, 0.6) is 0 Å². The minimum absolute atomic E-state index is 0.168. The first-order chi connectivity index (χ1) is 7.61. The second-order valence-electron chi connectivity index (χ2n) is 3.08. The van der Waals surface area contributed by atoms with Gasteiger partial charge in [-0.25, -0.2) is 9.48 Å². The smallest absolute Gasteiger partial charge is 0.336 e. The fraction of sp³-hybridized carbons (Fsp3) is 0.111. The van der Waals surface area contributed by atoms with Gasteiger partial charge >= 0.3 is 5.97 Å². The number of hydrogen-bond acceptors (Lipinski definition) is 4. The van der Waals surface area contributed by atoms with E-state index in [4.69, 9.17) is 5.11 Å². The molecular formula is C9H7BrN4O2. The molecule has 1 N–H and O–H groups in total. The number of carbonyl (C=O) groups is 1. The van der Waals surface area contributed by atoms with Gasteiger partial charge in [-0.05, 0) is 22.0 Å². The minimum Gasteiger partial charge on any atom is -0.478 e. The van der Waals surface area contributed by atoms with Crippen molar-refractivity contribution in [1.29, 1.82) is 0 Å². The maximum absolute atomic E-state index is 11.0. The van der Waals surface area contributed by atoms with Gasteiger partial charge in [0.25, 0.3) is 0 Å². The first-order valence-corrected chi connectivity index (χ1v) is 5.13. The quantitative estimate of drug-likeness (QED) is 0.899. The molecule has 2 heterocycles. The van der Waals surface area contributed by atoms with E-state index in [0.717, 1.165) is 0 Å². The maximum Gasteiger partial charge on any atom is 0.336 e. The van der Waals surface area contributed by atoms with Crippen LogP contribution in [0.4, 0.5) is 0 Å². The first kappa shape index (κ1) is 10.7. The molecule has 0 fully saturated rings. The van der Waals surface area contributed by atoms with Crippen molar-refractivity contribution in [2.24, 2.45) is 7.05 Å². The van der Waals surface area contributed by atoms with Crippen molar-refractivity contribution in [2.45, 2.75) is 0 Å². The van der Waals surface area contributed by atoms with Gasteiger partial charge in [0.05, 0.1) is 5.56 Å². The third kappa shape index (κ3) is 1.69. The predicted molar refractivity (Wildman–Crippen MR) is 58.9 cm³/mol. The number of pyridine rings is 1. The Balaban J connectivity index is 2.69. The lowest BCUT2D eigenvalue weighted by molar-refractivity contribution is 0.0697. The Morgan fingerprint density at radius 3 is 2.88 bits per heavy atom. The molecule has 0 saturated heterocycles. The normalized spacial score (nSPS) is 10.4. The molecule has 0 aromatic carbocycles. The van der Waals surface area contributed by atoms with E-state index >= 15 is 0 Å². The van der Waals surface area contributed by atoms with Gasteiger partial charge in [0.2, 0.25) is 0 Å². The highest BCUT2D eigenvalue weighted by Crippen LogP contribution is 2.27. The van der Waals surface area contributed by atoms with Crippen LogP contribution in [0.2, 0.25) is 0 Å². The van der Waals surface area contributed by atoms with Gasteiger partial charge in [0.1, 0.15) is 5.69 Å². The molecule has 0 atom stereocenters. The van der Waals surface area contributed by atoms with E-state index in [0.29, 0.717) is 15.9 Å². The number of hydrogen-bond donors (Lipinski definition) is 1. The lowest BCUT2D eigenvalue weighted by Gasteiger charge is -2.04. The van der Waals surface area contributed by atoms with Crippen LogP contribution in [0.3, 0.4) is 0 Å². The van der Waals surface area contributed by atoms with Gasteiger partial charge in [-0.15, -0.1) is 5.10 Å². The molecule has 2 rings (SSSR count). The standard InChI is InChI=1S/C9H7BrN4O2/c1-14-7(8(10)12-13-14)6-4-11-3-2-5(6)9(15)16/h2-4H,1H3,(H,15,16). The van der Waals surface area contributed by atoms with Crippen LogP contribution in [0.1, 0.15) is 10.4 Å². The van der Waals surface area contributed by atoms with Gasteiger partial charge in [-0.2, -0.15) is 0 Å². The Labute approximate surface area is 99.1 Å². The minimum atomic E-state index is -1.01. The average Bonchev–Trinajstić information content (AvgIpc) is 2.58. The molecule has 0 spiro atoms. The van der Waals surface area contributed by atoms with Crippen LogP contribution < -0.4 is 0 Å². The topological polar surface area (TPSA) is 80.9 Å². The number of aromatic nitrogens is 4. The van der Waals surface area contributed by atoms with Crippen molar-refractivity contribution in [3.8, 4) is 11.3 Å². The summed E-state index contributed by atoms with van der Waals surface area (Å²) in [5.74, 6) is -1.01. The number of halogens is 1. The molecule has 0 aliphatic carbocycles. The lowest BCUT2D eigenvalue weighted by atomic mass is 10.1. The molecule has 0 bridgehead atoms. The van der Waals surface area contributed by atoms with Crippen LogP contribution >= 0.6 is 15.9 Å². The summed E-state index contributed by atoms with van der Waals surface area (Å²) in [5.41, 5.74) is 1.24. The molecule has 0 aliphatic rings. The highest BCUT2D eigenvalue weighted by atomic mass is 79.9. The van der Waals surface area contributed by atoms with E-state index in [2.05, 4.69) is 31.2 Å². The summed E-state index contributed by atoms with van der Waals surface area (Å²) in [6.45, 7) is 0. The number of rotatable bonds is 2. The Morgan fingerprint density at radius 1 is 1.56 bits per heavy atom. The number of aromatic carboxylic acids is 1. The van der Waals surface area contributed by atoms with E-state index < -0.39 is 5.97 Å². The van der Waals surface area contributed by atoms with Crippen molar-refractivity contribution >= 4 is 21.9 Å². The second kappa shape index (κ2) is 4.01. The second-order valence-corrected chi connectivity index (χ2v) is 3.83. The van der Waals surface area contributed by atoms with Gasteiger partial charge in [-0.1, -0.05) is 5.21 Å². The molecule has 7 heteroatoms. The van der Waals surface area contributed by atoms with E-state index in [1.54, 1.807) is 7.05 Å². The molecule has 0 unspecified atom stereocenters. The molecule has 0 saturated carbocycles. The molecule has 0 aliphatic heterocycles. The number of carboxylic acids is 1. The van der Waals surface area contributed by atoms with Crippen LogP contribution in [0.15, 0.2) is 23.1 Å². The molecule has 0 radical (unpaired) electrons. The van der Waals surface area contributed by atoms with E-state index in [1.807, 2.05) is 0 Å². The molecule has 2 aromatic heterocycles. The number of aryl methyl sites for hydroxylation is 1. The summed E-state index contributed by atoms with van der Waals surface area (Å²) in [6, 6.07) is 1.44. The Kier molecular flexibility index (Phi) is 2.69. The first-order valence-electron chi connectivity index (χ1n) is 4.34. The zero-order chi connectivity index (χ0) is 11.7. The van der Waals surface area contributed by atoms with Gasteiger partial charge < -0.3 is 5.11 Å². The Bertz CT molecular complexity index is 533. The van der Waals surface area contributed by atoms with Gasteiger partial charge in [0.15, 0.2) is 4.60 Å². The van der Waals surface area contributed by atoms with Crippen LogP contribution in [0.25, 0.3) is 11.3 Å². The summed E-state index contributed by atoms with van der Waals surface area (Å²) >= 11 is 3.22. The number of nitrogens with zero attached hydrogens (tertiary/aromatic N) is 4. The molecular weight excluding hydrogens is 276 g/mol. The Hall–Kier alpha value is -1.76. The highest BCUT2D eigenvalue weighted by molar-refractivity contribution is 9.10. The SMILES string of the molecule is Cn1nnc(Br)c1-c1cnccc1C(=O)O. The monoisotopic (exact) mass is 282 g/mol. The average molecular weight is 283 g/mol. The summed E-state index contributed by atoms with van der Waals surface area (Å²) < 4.78 is 1.98. The van der Waals surface area contributed by atoms with Crippen molar-refractivity contribution in [3.05, 3.63) is 28.6 Å². The largest absolute Gasteiger partial charge is 0.478 e. The third-order valence-electron chi connectivity index (χ3n) is 2.09. The van der Waals surface area contributed by atoms with Gasteiger partial charge in [-0.3, -0.25) is 4.98 Å². The fourth-order valence-electron chi connectivity index (χ4n) is 1.39. The van der Waals surface area contributed by atoms with Crippen LogP contribution in [-0.4, -0.2) is 31.1 Å². The Morgan fingerprint density at radius 2 is 2.31 bits per heavy atom. The fourth-order valence-corrected chi connectivity index (χ4v) is 1.93. The van der Waals surface area contributed by atoms with E-state index in [-0.39, 0.29) is 5.56 Å². The summed E-state index contributed by atoms with van der Waals surface area (Å²) in [5, 5.41) is 16.6. The van der Waals surface area contributed by atoms with Crippen molar-refractivity contribution in [3.63, 3.8) is 0 Å². The van der Waals surface area contributed by atoms with Crippen molar-refractivity contribution in [2.75, 3.05) is 0 Å². The zero-order valence-electron chi connectivity index (χ0n) is 8.25. The van der Waals surface area contributed by atoms with Crippen LogP contribution in [-0.2, 0) is 7.05 Å². The molecule has 0 amide bonds. The molecule has 2 aromatic rings. The van der Waals surface area contributed by atoms with Gasteiger partial charge in [0, 0.05) is 25.0 Å². The van der Waals surface area contributed by atoms with E-state index in [9.17, 15) is 4.79 Å². The zero-order valence-corrected chi connectivity index (χ0v) is 9.84. The number of carboxylic acid groups (broad SMARTS) is 1. The summed E-state index contributed by atoms with van der Waals surface area (Å²) in [7, 11) is 1.69. The predicted octanol–water partition coefficient (Wildman–Crippen LogP) is 1.34. The summed E-state index contributed by atoms with van der Waals surface area (Å²) in [4.78, 5) is 15.0.